The fourth-order valence-electron chi connectivity index (χ4n) is 3.49. The number of carbonyl (C=O) groups is 1. The van der Waals surface area contributed by atoms with Crippen molar-refractivity contribution in [2.45, 2.75) is 71.1 Å². The van der Waals surface area contributed by atoms with Crippen LogP contribution in [0.15, 0.2) is 4.99 Å². The second-order valence-electron chi connectivity index (χ2n) is 6.72. The van der Waals surface area contributed by atoms with Crippen LogP contribution in [-0.4, -0.2) is 54.2 Å². The first-order valence-electron chi connectivity index (χ1n) is 9.35. The highest BCUT2D eigenvalue weighted by molar-refractivity contribution is 5.79. The number of unbranched alkanes of at least 4 members (excludes halogenated alkanes) is 7. The predicted molar refractivity (Wildman–Crippen MR) is 91.1 cm³/mol. The number of hydrogen-bond donors (Lipinski definition) is 1. The Morgan fingerprint density at radius 2 is 1.78 bits per heavy atom. The first-order chi connectivity index (χ1) is 11.1. The van der Waals surface area contributed by atoms with E-state index in [2.05, 4.69) is 11.9 Å². The van der Waals surface area contributed by atoms with E-state index in [4.69, 9.17) is 5.11 Å². The van der Waals surface area contributed by atoms with Gasteiger partial charge in [0.05, 0.1) is 19.1 Å². The first kappa shape index (κ1) is 20.1. The van der Waals surface area contributed by atoms with Gasteiger partial charge < -0.3 is 15.0 Å². The number of aliphatic carboxylic acids is 1. The summed E-state index contributed by atoms with van der Waals surface area (Å²) in [6, 6.07) is 0. The van der Waals surface area contributed by atoms with Crippen LogP contribution in [0, 0.1) is 0 Å². The second-order valence-corrected chi connectivity index (χ2v) is 6.72. The molecule has 1 rings (SSSR count). The van der Waals surface area contributed by atoms with Gasteiger partial charge in [-0.1, -0.05) is 51.9 Å². The van der Waals surface area contributed by atoms with Gasteiger partial charge in [0.15, 0.2) is 5.84 Å². The van der Waals surface area contributed by atoms with Gasteiger partial charge in [0, 0.05) is 19.4 Å². The summed E-state index contributed by atoms with van der Waals surface area (Å²) in [6.45, 7) is 4.41. The van der Waals surface area contributed by atoms with E-state index < -0.39 is 5.97 Å². The topological polar surface area (TPSA) is 72.7 Å². The molecule has 1 N–H and O–H groups in total. The number of amidine groups is 1. The van der Waals surface area contributed by atoms with Crippen molar-refractivity contribution in [2.75, 3.05) is 32.8 Å². The lowest BCUT2D eigenvalue weighted by atomic mass is 10.1. The summed E-state index contributed by atoms with van der Waals surface area (Å²) in [6.07, 6.45) is 11.6. The largest absolute Gasteiger partial charge is 0.544 e. The average Bonchev–Trinajstić information content (AvgIpc) is 2.90. The molecule has 1 heterocycles. The van der Waals surface area contributed by atoms with E-state index in [0.717, 1.165) is 25.2 Å². The molecule has 0 spiro atoms. The van der Waals surface area contributed by atoms with Gasteiger partial charge in [0.25, 0.3) is 0 Å². The lowest BCUT2D eigenvalue weighted by molar-refractivity contribution is -0.831. The van der Waals surface area contributed by atoms with E-state index in [1.807, 2.05) is 0 Å². The Morgan fingerprint density at radius 3 is 2.39 bits per heavy atom. The number of aliphatic imine (C=N–C) groups is 1. The van der Waals surface area contributed by atoms with E-state index in [0.29, 0.717) is 24.0 Å². The molecule has 1 aliphatic rings. The summed E-state index contributed by atoms with van der Waals surface area (Å²) in [7, 11) is 0. The van der Waals surface area contributed by atoms with Crippen LogP contribution in [0.2, 0.25) is 0 Å². The standard InChI is InChI=1S/C18H34N2O3/c1-2-3-4-5-6-7-8-9-11-17-19-12-14-20(17,13-10-15-21)16-18(22)23/h21H,2-16H2,1H3. The first-order valence-corrected chi connectivity index (χ1v) is 9.35. The van der Waals surface area contributed by atoms with Crippen molar-refractivity contribution in [1.29, 1.82) is 0 Å². The number of aliphatic hydroxyl groups is 1. The van der Waals surface area contributed by atoms with Crippen LogP contribution in [0.3, 0.4) is 0 Å². The third-order valence-electron chi connectivity index (χ3n) is 4.80. The maximum Gasteiger partial charge on any atom is 0.198 e. The predicted octanol–water partition coefficient (Wildman–Crippen LogP) is 1.88. The molecule has 1 atom stereocenters. The summed E-state index contributed by atoms with van der Waals surface area (Å²) in [4.78, 5) is 15.7. The second kappa shape index (κ2) is 11.6. The van der Waals surface area contributed by atoms with Crippen LogP contribution < -0.4 is 5.11 Å². The fourth-order valence-corrected chi connectivity index (χ4v) is 3.49. The van der Waals surface area contributed by atoms with Gasteiger partial charge in [-0.05, 0) is 6.42 Å². The number of nitrogens with zero attached hydrogens (tertiary/aromatic N) is 2. The average molecular weight is 326 g/mol. The molecule has 5 nitrogen and oxygen atoms in total. The Labute approximate surface area is 141 Å². The normalized spacial score (nSPS) is 20.7. The van der Waals surface area contributed by atoms with E-state index in [1.165, 1.54) is 44.9 Å². The van der Waals surface area contributed by atoms with E-state index in [9.17, 15) is 9.90 Å². The highest BCUT2D eigenvalue weighted by Crippen LogP contribution is 2.21. The molecule has 1 unspecified atom stereocenters. The van der Waals surface area contributed by atoms with Crippen molar-refractivity contribution < 1.29 is 19.5 Å². The Morgan fingerprint density at radius 1 is 1.13 bits per heavy atom. The lowest BCUT2D eigenvalue weighted by Gasteiger charge is -2.35. The molecule has 0 radical (unpaired) electrons. The molecule has 0 bridgehead atoms. The van der Waals surface area contributed by atoms with Gasteiger partial charge in [-0.25, -0.2) is 4.99 Å². The van der Waals surface area contributed by atoms with E-state index in [-0.39, 0.29) is 13.2 Å². The summed E-state index contributed by atoms with van der Waals surface area (Å²) in [5, 5.41) is 20.2. The molecule has 0 aromatic rings. The van der Waals surface area contributed by atoms with E-state index >= 15 is 0 Å². The van der Waals surface area contributed by atoms with Gasteiger partial charge in [-0.2, -0.15) is 0 Å². The molecule has 0 aliphatic carbocycles. The van der Waals surface area contributed by atoms with Gasteiger partial charge in [-0.15, -0.1) is 0 Å². The van der Waals surface area contributed by atoms with Gasteiger partial charge in [-0.3, -0.25) is 4.48 Å². The van der Waals surface area contributed by atoms with Crippen molar-refractivity contribution in [1.82, 2.24) is 0 Å². The fraction of sp³-hybridized carbons (Fsp3) is 0.889. The SMILES string of the molecule is CCCCCCCCCCC1=NCC[N+]1(CCCO)CC(=O)[O-]. The molecule has 0 aromatic carbocycles. The van der Waals surface area contributed by atoms with Gasteiger partial charge in [0.1, 0.15) is 13.1 Å². The zero-order valence-corrected chi connectivity index (χ0v) is 14.8. The Bertz CT molecular complexity index is 371. The van der Waals surface area contributed by atoms with Crippen LogP contribution >= 0.6 is 0 Å². The van der Waals surface area contributed by atoms with Crippen LogP contribution in [0.25, 0.3) is 0 Å². The third-order valence-corrected chi connectivity index (χ3v) is 4.80. The molecule has 0 saturated heterocycles. The number of rotatable bonds is 14. The molecule has 134 valence electrons. The van der Waals surface area contributed by atoms with Crippen molar-refractivity contribution in [3.63, 3.8) is 0 Å². The van der Waals surface area contributed by atoms with Crippen LogP contribution in [0.1, 0.15) is 71.1 Å². The third kappa shape index (κ3) is 7.44. The molecule has 0 fully saturated rings. The molecule has 1 aliphatic heterocycles. The van der Waals surface area contributed by atoms with E-state index in [1.54, 1.807) is 0 Å². The molecule has 23 heavy (non-hydrogen) atoms. The number of quaternary nitrogens is 1. The molecule has 0 saturated carbocycles. The van der Waals surface area contributed by atoms with Crippen molar-refractivity contribution >= 4 is 11.8 Å². The van der Waals surface area contributed by atoms with Gasteiger partial charge >= 0.3 is 0 Å². The number of aliphatic hydroxyl groups excluding tert-OH is 1. The minimum Gasteiger partial charge on any atom is -0.544 e. The summed E-state index contributed by atoms with van der Waals surface area (Å²) in [5.74, 6) is -0.0119. The molecule has 0 aromatic heterocycles. The van der Waals surface area contributed by atoms with Crippen molar-refractivity contribution in [3.8, 4) is 0 Å². The Balaban J connectivity index is 2.33. The van der Waals surface area contributed by atoms with Crippen LogP contribution in [0.5, 0.6) is 0 Å². The monoisotopic (exact) mass is 326 g/mol. The van der Waals surface area contributed by atoms with Gasteiger partial charge in [0.2, 0.25) is 0 Å². The molecular formula is C18H34N2O3. The molecule has 0 amide bonds. The molecular weight excluding hydrogens is 292 g/mol. The Kier molecular flexibility index (Phi) is 10.1. The summed E-state index contributed by atoms with van der Waals surface area (Å²) in [5.41, 5.74) is 0. The highest BCUT2D eigenvalue weighted by Gasteiger charge is 2.37. The Hall–Kier alpha value is -0.940. The van der Waals surface area contributed by atoms with Crippen molar-refractivity contribution in [2.24, 2.45) is 4.99 Å². The van der Waals surface area contributed by atoms with Crippen LogP contribution in [-0.2, 0) is 4.79 Å². The number of carboxylic acids is 1. The van der Waals surface area contributed by atoms with Crippen LogP contribution in [0.4, 0.5) is 0 Å². The minimum absolute atomic E-state index is 0.00412. The number of hydrogen-bond acceptors (Lipinski definition) is 4. The lowest BCUT2D eigenvalue weighted by Crippen LogP contribution is -2.57. The zero-order chi connectivity index (χ0) is 17.0. The quantitative estimate of drug-likeness (QED) is 0.391. The summed E-state index contributed by atoms with van der Waals surface area (Å²) < 4.78 is 0.402. The zero-order valence-electron chi connectivity index (χ0n) is 14.8. The summed E-state index contributed by atoms with van der Waals surface area (Å²) >= 11 is 0. The van der Waals surface area contributed by atoms with Crippen molar-refractivity contribution in [3.05, 3.63) is 0 Å². The smallest absolute Gasteiger partial charge is 0.198 e. The number of carbonyl (C=O) groups excluding carboxylic acids is 1. The number of carboxylic acid groups (broad SMARTS) is 1. The maximum absolute atomic E-state index is 11.1. The highest BCUT2D eigenvalue weighted by atomic mass is 16.4. The minimum atomic E-state index is -1.02. The molecule has 5 heteroatoms. The maximum atomic E-state index is 11.1.